The van der Waals surface area contributed by atoms with E-state index in [9.17, 15) is 0 Å². The van der Waals surface area contributed by atoms with Gasteiger partial charge in [-0.2, -0.15) is 0 Å². The molecule has 0 spiro atoms. The summed E-state index contributed by atoms with van der Waals surface area (Å²) in [7, 11) is 0. The molecule has 0 fully saturated rings. The molecule has 0 aromatic carbocycles. The molecule has 0 aliphatic carbocycles. The van der Waals surface area contributed by atoms with Gasteiger partial charge in [0.2, 0.25) is 0 Å². The van der Waals surface area contributed by atoms with Gasteiger partial charge in [0, 0.05) is 12.1 Å². The summed E-state index contributed by atoms with van der Waals surface area (Å²) in [6.07, 6.45) is 4.56. The maximum Gasteiger partial charge on any atom is 0.00507 e. The van der Waals surface area contributed by atoms with E-state index in [0.717, 1.165) is 39.0 Å². The van der Waals surface area contributed by atoms with Gasteiger partial charge in [-0.05, 0) is 65.7 Å². The zero-order valence-corrected chi connectivity index (χ0v) is 15.9. The van der Waals surface area contributed by atoms with Crippen molar-refractivity contribution in [2.24, 2.45) is 11.5 Å². The molecule has 0 unspecified atom stereocenters. The van der Waals surface area contributed by atoms with Gasteiger partial charge in [0.1, 0.15) is 0 Å². The van der Waals surface area contributed by atoms with E-state index in [1.54, 1.807) is 0 Å². The first-order valence-corrected chi connectivity index (χ1v) is 6.57. The zero-order valence-electron chi connectivity index (χ0n) is 12.6. The van der Waals surface area contributed by atoms with E-state index in [0.29, 0.717) is 12.1 Å². The maximum absolute atomic E-state index is 5.48. The molecule has 0 radical (unpaired) electrons. The van der Waals surface area contributed by atoms with Crippen LogP contribution in [-0.2, 0) is 0 Å². The van der Waals surface area contributed by atoms with E-state index in [-0.39, 0.29) is 49.6 Å². The van der Waals surface area contributed by atoms with Crippen molar-refractivity contribution in [3.8, 4) is 0 Å². The van der Waals surface area contributed by atoms with Crippen molar-refractivity contribution in [1.82, 2.24) is 10.6 Å². The van der Waals surface area contributed by atoms with Crippen LogP contribution in [0, 0.1) is 0 Å². The van der Waals surface area contributed by atoms with Crippen LogP contribution in [0.5, 0.6) is 0 Å². The van der Waals surface area contributed by atoms with Crippen molar-refractivity contribution < 1.29 is 0 Å². The summed E-state index contributed by atoms with van der Waals surface area (Å²) in [5.74, 6) is 0. The maximum atomic E-state index is 5.48. The lowest BCUT2D eigenvalue weighted by molar-refractivity contribution is 0.476. The fourth-order valence-corrected chi connectivity index (χ4v) is 1.65. The fraction of sp³-hybridized carbons (Fsp3) is 1.00. The molecule has 0 saturated heterocycles. The Bertz CT molecular complexity index is 139. The lowest BCUT2D eigenvalue weighted by Crippen LogP contribution is -2.31. The summed E-state index contributed by atoms with van der Waals surface area (Å²) in [5.41, 5.74) is 11.0. The number of unbranched alkanes of at least 4 members (excludes halogenated alkanes) is 1. The smallest absolute Gasteiger partial charge is 0.00507 e. The fourth-order valence-electron chi connectivity index (χ4n) is 1.65. The summed E-state index contributed by atoms with van der Waals surface area (Å²) < 4.78 is 0. The molecule has 0 bridgehead atoms. The highest BCUT2D eigenvalue weighted by atomic mass is 35.5. The summed E-state index contributed by atoms with van der Waals surface area (Å²) >= 11 is 0. The lowest BCUT2D eigenvalue weighted by atomic mass is 10.2. The Kier molecular flexibility index (Phi) is 41.0. The minimum atomic E-state index is 0. The Morgan fingerprint density at radius 2 is 1.00 bits per heavy atom. The van der Waals surface area contributed by atoms with Gasteiger partial charge < -0.3 is 22.1 Å². The van der Waals surface area contributed by atoms with E-state index in [2.05, 4.69) is 24.5 Å². The van der Waals surface area contributed by atoms with E-state index in [1.807, 2.05) is 0 Å². The highest BCUT2D eigenvalue weighted by molar-refractivity contribution is 5.86. The van der Waals surface area contributed by atoms with Crippen molar-refractivity contribution in [3.05, 3.63) is 0 Å². The van der Waals surface area contributed by atoms with Gasteiger partial charge in [0.15, 0.2) is 0 Å². The summed E-state index contributed by atoms with van der Waals surface area (Å²) in [6.45, 7) is 8.10. The topological polar surface area (TPSA) is 76.1 Å². The number of hydrogen-bond acceptors (Lipinski definition) is 4. The molecule has 8 heteroatoms. The predicted octanol–water partition coefficient (Wildman–Crippen LogP) is 2.11. The van der Waals surface area contributed by atoms with Crippen LogP contribution < -0.4 is 22.1 Å². The molecular formula is C12H34Cl4N4. The second-order valence-corrected chi connectivity index (χ2v) is 4.57. The lowest BCUT2D eigenvalue weighted by Gasteiger charge is -2.14. The van der Waals surface area contributed by atoms with E-state index in [4.69, 9.17) is 11.5 Å². The molecule has 0 rings (SSSR count). The SMILES string of the molecule is C[C@@H](CCN)NCCCCN[C@@H](C)CCN.Cl.Cl.Cl.Cl. The van der Waals surface area contributed by atoms with Gasteiger partial charge in [0.25, 0.3) is 0 Å². The van der Waals surface area contributed by atoms with E-state index >= 15 is 0 Å². The number of nitrogens with one attached hydrogen (secondary N) is 2. The third-order valence-electron chi connectivity index (χ3n) is 2.79. The Balaban J connectivity index is -0.000000187. The van der Waals surface area contributed by atoms with E-state index < -0.39 is 0 Å². The highest BCUT2D eigenvalue weighted by Gasteiger charge is 2.00. The van der Waals surface area contributed by atoms with Gasteiger partial charge in [-0.25, -0.2) is 0 Å². The third-order valence-corrected chi connectivity index (χ3v) is 2.79. The number of halogens is 4. The minimum absolute atomic E-state index is 0. The summed E-state index contributed by atoms with van der Waals surface area (Å²) in [5, 5.41) is 6.94. The number of nitrogens with two attached hydrogens (primary N) is 2. The molecule has 130 valence electrons. The molecule has 20 heavy (non-hydrogen) atoms. The van der Waals surface area contributed by atoms with Crippen molar-refractivity contribution in [1.29, 1.82) is 0 Å². The molecule has 2 atom stereocenters. The average Bonchev–Trinajstić information content (AvgIpc) is 2.24. The van der Waals surface area contributed by atoms with Crippen molar-refractivity contribution in [3.63, 3.8) is 0 Å². The van der Waals surface area contributed by atoms with Crippen LogP contribution in [-0.4, -0.2) is 38.3 Å². The minimum Gasteiger partial charge on any atom is -0.330 e. The Hall–Kier alpha value is 1.00. The first-order valence-electron chi connectivity index (χ1n) is 6.57. The Morgan fingerprint density at radius 1 is 0.700 bits per heavy atom. The quantitative estimate of drug-likeness (QED) is 0.417. The summed E-state index contributed by atoms with van der Waals surface area (Å²) in [6, 6.07) is 1.10. The van der Waals surface area contributed by atoms with Gasteiger partial charge >= 0.3 is 0 Å². The highest BCUT2D eigenvalue weighted by Crippen LogP contribution is 1.92. The molecule has 0 saturated carbocycles. The average molecular weight is 376 g/mol. The van der Waals surface area contributed by atoms with Crippen LogP contribution in [0.4, 0.5) is 0 Å². The standard InChI is InChI=1S/C12H30N4.4ClH/c1-11(5-7-13)15-9-3-4-10-16-12(2)6-8-14;;;;/h11-12,15-16H,3-10,13-14H2,1-2H3;4*1H/t11-,12-;;;;/m0..../s1. The van der Waals surface area contributed by atoms with Crippen molar-refractivity contribution in [2.45, 2.75) is 51.6 Å². The van der Waals surface area contributed by atoms with Gasteiger partial charge in [-0.3, -0.25) is 0 Å². The van der Waals surface area contributed by atoms with Crippen molar-refractivity contribution >= 4 is 49.6 Å². The molecule has 0 aliphatic heterocycles. The van der Waals surface area contributed by atoms with Crippen LogP contribution in [0.2, 0.25) is 0 Å². The third kappa shape index (κ3) is 24.0. The molecule has 6 N–H and O–H groups in total. The second-order valence-electron chi connectivity index (χ2n) is 4.57. The van der Waals surface area contributed by atoms with Crippen LogP contribution >= 0.6 is 49.6 Å². The van der Waals surface area contributed by atoms with Crippen LogP contribution in [0.15, 0.2) is 0 Å². The van der Waals surface area contributed by atoms with Gasteiger partial charge in [0.05, 0.1) is 0 Å². The Morgan fingerprint density at radius 3 is 1.25 bits per heavy atom. The van der Waals surface area contributed by atoms with Gasteiger partial charge in [-0.1, -0.05) is 0 Å². The number of rotatable bonds is 11. The first-order chi connectivity index (χ1) is 7.70. The largest absolute Gasteiger partial charge is 0.330 e. The van der Waals surface area contributed by atoms with Crippen LogP contribution in [0.1, 0.15) is 39.5 Å². The predicted molar refractivity (Wildman–Crippen MR) is 100 cm³/mol. The number of hydrogen-bond donors (Lipinski definition) is 4. The molecule has 0 aliphatic rings. The molecule has 0 heterocycles. The molecular weight excluding hydrogens is 342 g/mol. The van der Waals surface area contributed by atoms with E-state index in [1.165, 1.54) is 12.8 Å². The molecule has 0 aromatic rings. The molecule has 0 amide bonds. The first kappa shape index (κ1) is 32.8. The van der Waals surface area contributed by atoms with Crippen LogP contribution in [0.3, 0.4) is 0 Å². The van der Waals surface area contributed by atoms with Gasteiger partial charge in [-0.15, -0.1) is 49.6 Å². The Labute approximate surface area is 149 Å². The zero-order chi connectivity index (χ0) is 12.2. The monoisotopic (exact) mass is 374 g/mol. The van der Waals surface area contributed by atoms with Crippen LogP contribution in [0.25, 0.3) is 0 Å². The normalized spacial score (nSPS) is 12.0. The summed E-state index contributed by atoms with van der Waals surface area (Å²) in [4.78, 5) is 0. The van der Waals surface area contributed by atoms with Crippen molar-refractivity contribution in [2.75, 3.05) is 26.2 Å². The molecule has 4 nitrogen and oxygen atoms in total. The molecule has 0 aromatic heterocycles. The second kappa shape index (κ2) is 25.0.